The Morgan fingerprint density at radius 1 is 0.645 bits per heavy atom. The summed E-state index contributed by atoms with van der Waals surface area (Å²) in [4.78, 5) is 24.7. The van der Waals surface area contributed by atoms with Crippen molar-refractivity contribution in [2.24, 2.45) is 0 Å². The average Bonchev–Trinajstić information content (AvgIpc) is 2.96. The molecule has 2 atom stereocenters. The molecule has 1 aliphatic carbocycles. The van der Waals surface area contributed by atoms with Crippen molar-refractivity contribution in [2.45, 2.75) is 30.8 Å². The van der Waals surface area contributed by atoms with Gasteiger partial charge in [0.2, 0.25) is 0 Å². The van der Waals surface area contributed by atoms with E-state index in [-0.39, 0.29) is 19.3 Å². The Balaban J connectivity index is 1.84. The number of carbonyl (C=O) groups is 2. The molecule has 0 heterocycles. The summed E-state index contributed by atoms with van der Waals surface area (Å²) < 4.78 is 9.80. The number of esters is 2. The van der Waals surface area contributed by atoms with Crippen LogP contribution in [-0.4, -0.2) is 64.4 Å². The number of aliphatic hydroxyl groups is 2. The lowest BCUT2D eigenvalue weighted by Crippen LogP contribution is -2.55. The first-order valence-electron chi connectivity index (χ1n) is 8.78. The second kappa shape index (κ2) is 7.41. The zero-order valence-electron chi connectivity index (χ0n) is 15.6. The maximum atomic E-state index is 12.4. The van der Waals surface area contributed by atoms with E-state index in [4.69, 9.17) is 9.47 Å². The van der Waals surface area contributed by atoms with Gasteiger partial charge in [-0.3, -0.25) is 0 Å². The Kier molecular flexibility index (Phi) is 5.21. The van der Waals surface area contributed by atoms with E-state index < -0.39 is 69.1 Å². The third-order valence-electron chi connectivity index (χ3n) is 4.78. The van der Waals surface area contributed by atoms with Crippen LogP contribution in [0.2, 0.25) is 0 Å². The van der Waals surface area contributed by atoms with Gasteiger partial charge in [0.15, 0.2) is 34.5 Å². The molecular weight excluding hydrogens is 420 g/mol. The van der Waals surface area contributed by atoms with Gasteiger partial charge in [-0.25, -0.2) is 9.59 Å². The standard InChI is InChI=1S/C19H18O12/c20-10-4-8(5-11(21)14(10)24)16(26)30-18(28)2-1-3-19(18,29)31-17(27)9-6-12(22)15(25)13(23)7-9/h4-7,20-25,28-29H,1-3H2. The summed E-state index contributed by atoms with van der Waals surface area (Å²) in [5.74, 6) is -13.3. The highest BCUT2D eigenvalue weighted by Gasteiger charge is 2.60. The topological polar surface area (TPSA) is 214 Å². The molecule has 0 saturated heterocycles. The zero-order valence-corrected chi connectivity index (χ0v) is 15.6. The van der Waals surface area contributed by atoms with E-state index in [0.717, 1.165) is 24.3 Å². The average molecular weight is 438 g/mol. The van der Waals surface area contributed by atoms with Crippen LogP contribution in [0, 0.1) is 0 Å². The van der Waals surface area contributed by atoms with E-state index in [0.29, 0.717) is 0 Å². The van der Waals surface area contributed by atoms with Crippen LogP contribution >= 0.6 is 0 Å². The summed E-state index contributed by atoms with van der Waals surface area (Å²) in [5.41, 5.74) is -0.981. The maximum Gasteiger partial charge on any atom is 0.341 e. The van der Waals surface area contributed by atoms with Crippen molar-refractivity contribution >= 4 is 11.9 Å². The first kappa shape index (κ1) is 21.8. The highest BCUT2D eigenvalue weighted by Crippen LogP contribution is 2.44. The Morgan fingerprint density at radius 3 is 1.23 bits per heavy atom. The zero-order chi connectivity index (χ0) is 23.1. The van der Waals surface area contributed by atoms with Gasteiger partial charge in [-0.05, 0) is 30.7 Å². The van der Waals surface area contributed by atoms with Crippen molar-refractivity contribution in [2.75, 3.05) is 0 Å². The highest BCUT2D eigenvalue weighted by molar-refractivity contribution is 5.92. The first-order valence-corrected chi connectivity index (χ1v) is 8.78. The third kappa shape index (κ3) is 3.81. The van der Waals surface area contributed by atoms with Crippen LogP contribution < -0.4 is 0 Å². The molecule has 0 radical (unpaired) electrons. The predicted molar refractivity (Wildman–Crippen MR) is 97.5 cm³/mol. The lowest BCUT2D eigenvalue weighted by atomic mass is 10.1. The fourth-order valence-corrected chi connectivity index (χ4v) is 3.09. The Bertz CT molecular complexity index is 934. The minimum absolute atomic E-state index is 0.0473. The summed E-state index contributed by atoms with van der Waals surface area (Å²) in [6.45, 7) is 0. The van der Waals surface area contributed by atoms with Gasteiger partial charge in [-0.2, -0.15) is 0 Å². The molecule has 1 fully saturated rings. The van der Waals surface area contributed by atoms with Gasteiger partial charge in [0.05, 0.1) is 11.1 Å². The summed E-state index contributed by atoms with van der Waals surface area (Å²) >= 11 is 0. The van der Waals surface area contributed by atoms with Gasteiger partial charge in [0, 0.05) is 12.8 Å². The number of ether oxygens (including phenoxy) is 2. The largest absolute Gasteiger partial charge is 0.504 e. The van der Waals surface area contributed by atoms with Crippen LogP contribution in [0.1, 0.15) is 40.0 Å². The number of phenols is 6. The molecule has 3 rings (SSSR count). The molecule has 2 unspecified atom stereocenters. The minimum atomic E-state index is -2.73. The van der Waals surface area contributed by atoms with Crippen LogP contribution in [0.5, 0.6) is 34.5 Å². The van der Waals surface area contributed by atoms with Gasteiger partial charge in [-0.1, -0.05) is 0 Å². The summed E-state index contributed by atoms with van der Waals surface area (Å²) in [5, 5.41) is 78.1. The first-order chi connectivity index (χ1) is 14.4. The van der Waals surface area contributed by atoms with Crippen LogP contribution in [0.15, 0.2) is 24.3 Å². The van der Waals surface area contributed by atoms with Crippen LogP contribution in [0.3, 0.4) is 0 Å². The van der Waals surface area contributed by atoms with Crippen molar-refractivity contribution in [1.29, 1.82) is 0 Å². The Labute approximate surface area is 173 Å². The van der Waals surface area contributed by atoms with Gasteiger partial charge in [-0.15, -0.1) is 0 Å². The molecule has 0 amide bonds. The molecule has 0 aromatic heterocycles. The molecule has 0 spiro atoms. The van der Waals surface area contributed by atoms with E-state index in [1.54, 1.807) is 0 Å². The molecule has 31 heavy (non-hydrogen) atoms. The third-order valence-corrected chi connectivity index (χ3v) is 4.78. The van der Waals surface area contributed by atoms with Crippen molar-refractivity contribution in [3.05, 3.63) is 35.4 Å². The highest BCUT2D eigenvalue weighted by atomic mass is 16.7. The molecule has 12 nitrogen and oxygen atoms in total. The number of benzene rings is 2. The second-order valence-electron chi connectivity index (χ2n) is 6.93. The molecule has 0 bridgehead atoms. The molecule has 1 aliphatic rings. The van der Waals surface area contributed by atoms with Gasteiger partial charge in [0.25, 0.3) is 11.6 Å². The number of carbonyl (C=O) groups excluding carboxylic acids is 2. The molecule has 2 aromatic carbocycles. The molecule has 166 valence electrons. The SMILES string of the molecule is O=C(OC1(O)CCCC1(O)OC(=O)c1cc(O)c(O)c(O)c1)c1cc(O)c(O)c(O)c1. The predicted octanol–water partition coefficient (Wildman–Crippen LogP) is 0.495. The molecule has 2 aromatic rings. The van der Waals surface area contributed by atoms with Gasteiger partial charge >= 0.3 is 11.9 Å². The lowest BCUT2D eigenvalue weighted by molar-refractivity contribution is -0.333. The van der Waals surface area contributed by atoms with Crippen molar-refractivity contribution < 1.29 is 59.9 Å². The fraction of sp³-hybridized carbons (Fsp3) is 0.263. The Morgan fingerprint density at radius 2 is 0.935 bits per heavy atom. The summed E-state index contributed by atoms with van der Waals surface area (Å²) in [6, 6.07) is 2.96. The molecule has 12 heteroatoms. The van der Waals surface area contributed by atoms with Crippen LogP contribution in [-0.2, 0) is 9.47 Å². The van der Waals surface area contributed by atoms with Crippen molar-refractivity contribution in [3.63, 3.8) is 0 Å². The van der Waals surface area contributed by atoms with E-state index >= 15 is 0 Å². The van der Waals surface area contributed by atoms with Crippen LogP contribution in [0.25, 0.3) is 0 Å². The molecule has 8 N–H and O–H groups in total. The van der Waals surface area contributed by atoms with E-state index in [1.807, 2.05) is 0 Å². The Hall–Kier alpha value is -3.90. The lowest BCUT2D eigenvalue weighted by Gasteiger charge is -2.36. The maximum absolute atomic E-state index is 12.4. The van der Waals surface area contributed by atoms with Crippen molar-refractivity contribution in [3.8, 4) is 34.5 Å². The summed E-state index contributed by atoms with van der Waals surface area (Å²) in [6.07, 6.45) is -0.666. The van der Waals surface area contributed by atoms with Crippen LogP contribution in [0.4, 0.5) is 0 Å². The number of hydrogen-bond acceptors (Lipinski definition) is 12. The smallest absolute Gasteiger partial charge is 0.341 e. The minimum Gasteiger partial charge on any atom is -0.504 e. The number of rotatable bonds is 4. The van der Waals surface area contributed by atoms with Crippen molar-refractivity contribution in [1.82, 2.24) is 0 Å². The van der Waals surface area contributed by atoms with E-state index in [9.17, 15) is 50.4 Å². The van der Waals surface area contributed by atoms with Gasteiger partial charge in [0.1, 0.15) is 0 Å². The number of aromatic hydroxyl groups is 6. The number of hydrogen-bond donors (Lipinski definition) is 8. The van der Waals surface area contributed by atoms with Gasteiger partial charge < -0.3 is 50.3 Å². The molecule has 1 saturated carbocycles. The monoisotopic (exact) mass is 438 g/mol. The molecule has 0 aliphatic heterocycles. The van der Waals surface area contributed by atoms with E-state index in [1.165, 1.54) is 0 Å². The molecular formula is C19H18O12. The second-order valence-corrected chi connectivity index (χ2v) is 6.93. The van der Waals surface area contributed by atoms with E-state index in [2.05, 4.69) is 0 Å². The number of phenolic OH excluding ortho intramolecular Hbond substituents is 6. The summed E-state index contributed by atoms with van der Waals surface area (Å²) in [7, 11) is 0. The normalized spacial score (nSPS) is 22.8. The quantitative estimate of drug-likeness (QED) is 0.186. The fourth-order valence-electron chi connectivity index (χ4n) is 3.09.